The van der Waals surface area contributed by atoms with Crippen LogP contribution in [0.2, 0.25) is 0 Å². The smallest absolute Gasteiger partial charge is 0.303 e. The van der Waals surface area contributed by atoms with Crippen molar-refractivity contribution in [2.45, 2.75) is 37.9 Å². The molecule has 0 aromatic rings. The number of aliphatic carboxylic acids is 1. The van der Waals surface area contributed by atoms with Crippen molar-refractivity contribution in [1.29, 1.82) is 0 Å². The van der Waals surface area contributed by atoms with Crippen LogP contribution in [0, 0.1) is 16.7 Å². The molecule has 2 aliphatic rings. The number of halogens is 1. The molecule has 0 aromatic heterocycles. The lowest BCUT2D eigenvalue weighted by atomic mass is 9.67. The van der Waals surface area contributed by atoms with Crippen molar-refractivity contribution in [2.24, 2.45) is 16.7 Å². The zero-order valence-corrected chi connectivity index (χ0v) is 10.5. The molecule has 15 heavy (non-hydrogen) atoms. The van der Waals surface area contributed by atoms with Gasteiger partial charge in [0.15, 0.2) is 5.78 Å². The van der Waals surface area contributed by atoms with E-state index in [1.54, 1.807) is 0 Å². The molecule has 4 atom stereocenters. The van der Waals surface area contributed by atoms with Gasteiger partial charge in [0, 0.05) is 5.41 Å². The molecule has 0 heterocycles. The Labute approximate surface area is 97.4 Å². The summed E-state index contributed by atoms with van der Waals surface area (Å²) in [6, 6.07) is 0. The van der Waals surface area contributed by atoms with Crippen LogP contribution < -0.4 is 0 Å². The molecule has 0 amide bonds. The third kappa shape index (κ3) is 1.17. The fourth-order valence-corrected chi connectivity index (χ4v) is 4.81. The summed E-state index contributed by atoms with van der Waals surface area (Å²) >= 11 is 3.42. The van der Waals surface area contributed by atoms with Gasteiger partial charge in [-0.25, -0.2) is 0 Å². The maximum absolute atomic E-state index is 12.0. The van der Waals surface area contributed by atoms with Gasteiger partial charge < -0.3 is 5.11 Å². The van der Waals surface area contributed by atoms with E-state index in [-0.39, 0.29) is 28.4 Å². The number of hydrogen-bond donors (Lipinski definition) is 1. The highest BCUT2D eigenvalue weighted by molar-refractivity contribution is 9.10. The van der Waals surface area contributed by atoms with E-state index in [1.807, 2.05) is 13.8 Å². The highest BCUT2D eigenvalue weighted by Gasteiger charge is 2.68. The van der Waals surface area contributed by atoms with E-state index >= 15 is 0 Å². The van der Waals surface area contributed by atoms with Gasteiger partial charge in [0.2, 0.25) is 0 Å². The quantitative estimate of drug-likeness (QED) is 0.786. The molecule has 2 saturated carbocycles. The van der Waals surface area contributed by atoms with Crippen LogP contribution in [0.5, 0.6) is 0 Å². The first-order chi connectivity index (χ1) is 6.83. The monoisotopic (exact) mass is 274 g/mol. The average Bonchev–Trinajstić information content (AvgIpc) is 2.42. The number of carboxylic acid groups (broad SMARTS) is 1. The minimum Gasteiger partial charge on any atom is -0.481 e. The van der Waals surface area contributed by atoms with Gasteiger partial charge in [0.25, 0.3) is 0 Å². The second-order valence-electron chi connectivity index (χ2n) is 5.23. The van der Waals surface area contributed by atoms with Crippen LogP contribution in [0.4, 0.5) is 0 Å². The minimum atomic E-state index is -0.801. The standard InChI is InChI=1S/C11H15BrO3/c1-10-4-3-6(8(12)9(10)15)11(10,2)5-7(13)14/h6,8H,3-5H2,1-2H3,(H,13,14)/t6-,8-,10+,11-/m0/s1. The first kappa shape index (κ1) is 11.1. The number of carbonyl (C=O) groups excluding carboxylic acids is 1. The Bertz CT molecular complexity index is 341. The second-order valence-corrected chi connectivity index (χ2v) is 6.22. The molecule has 84 valence electrons. The van der Waals surface area contributed by atoms with Crippen molar-refractivity contribution in [3.05, 3.63) is 0 Å². The van der Waals surface area contributed by atoms with Crippen LogP contribution in [-0.2, 0) is 9.59 Å². The van der Waals surface area contributed by atoms with E-state index in [4.69, 9.17) is 5.11 Å². The molecule has 0 aliphatic heterocycles. The summed E-state index contributed by atoms with van der Waals surface area (Å²) in [6.07, 6.45) is 1.90. The molecule has 2 rings (SSSR count). The molecule has 2 fully saturated rings. The number of alkyl halides is 1. The Morgan fingerprint density at radius 3 is 2.60 bits per heavy atom. The van der Waals surface area contributed by atoms with Crippen LogP contribution in [0.15, 0.2) is 0 Å². The zero-order chi connectivity index (χ0) is 11.4. The van der Waals surface area contributed by atoms with Gasteiger partial charge in [-0.15, -0.1) is 0 Å². The largest absolute Gasteiger partial charge is 0.481 e. The lowest BCUT2D eigenvalue weighted by Crippen LogP contribution is -2.37. The number of rotatable bonds is 2. The summed E-state index contributed by atoms with van der Waals surface area (Å²) in [4.78, 5) is 22.8. The van der Waals surface area contributed by atoms with Crippen molar-refractivity contribution in [3.8, 4) is 0 Å². The summed E-state index contributed by atoms with van der Waals surface area (Å²) in [6.45, 7) is 3.89. The summed E-state index contributed by atoms with van der Waals surface area (Å²) in [5, 5.41) is 8.96. The summed E-state index contributed by atoms with van der Waals surface area (Å²) < 4.78 is 0. The highest BCUT2D eigenvalue weighted by atomic mass is 79.9. The minimum absolute atomic E-state index is 0.0992. The number of fused-ring (bicyclic) bond motifs is 2. The maximum atomic E-state index is 12.0. The van der Waals surface area contributed by atoms with Crippen molar-refractivity contribution in [3.63, 3.8) is 0 Å². The molecule has 2 aliphatic carbocycles. The molecule has 4 heteroatoms. The molecule has 0 spiro atoms. The highest BCUT2D eigenvalue weighted by Crippen LogP contribution is 2.66. The van der Waals surface area contributed by atoms with Gasteiger partial charge in [-0.2, -0.15) is 0 Å². The summed E-state index contributed by atoms with van der Waals surface area (Å²) in [5.41, 5.74) is -0.811. The van der Waals surface area contributed by atoms with E-state index < -0.39 is 11.4 Å². The Balaban J connectivity index is 2.42. The van der Waals surface area contributed by atoms with Gasteiger partial charge in [0.1, 0.15) is 0 Å². The SMILES string of the molecule is C[C@]1(CC(=O)O)[C@H]2CC[C@]1(C)C(=O)[C@H]2Br. The number of carbonyl (C=O) groups is 2. The number of carboxylic acids is 1. The normalized spacial score (nSPS) is 48.6. The van der Waals surface area contributed by atoms with E-state index in [1.165, 1.54) is 0 Å². The number of ketones is 1. The van der Waals surface area contributed by atoms with Crippen LogP contribution >= 0.6 is 15.9 Å². The predicted molar refractivity (Wildman–Crippen MR) is 58.9 cm³/mol. The van der Waals surface area contributed by atoms with E-state index in [2.05, 4.69) is 15.9 Å². The molecule has 1 N–H and O–H groups in total. The first-order valence-corrected chi connectivity index (χ1v) is 6.15. The first-order valence-electron chi connectivity index (χ1n) is 5.23. The third-order valence-electron chi connectivity index (χ3n) is 4.70. The molecular weight excluding hydrogens is 260 g/mol. The summed E-state index contributed by atoms with van der Waals surface area (Å²) in [7, 11) is 0. The molecule has 0 radical (unpaired) electrons. The van der Waals surface area contributed by atoms with Gasteiger partial charge in [-0.1, -0.05) is 29.8 Å². The fraction of sp³-hybridized carbons (Fsp3) is 0.818. The topological polar surface area (TPSA) is 54.4 Å². The van der Waals surface area contributed by atoms with Gasteiger partial charge in [0.05, 0.1) is 11.2 Å². The average molecular weight is 275 g/mol. The van der Waals surface area contributed by atoms with Crippen LogP contribution in [0.25, 0.3) is 0 Å². The van der Waals surface area contributed by atoms with Crippen molar-refractivity contribution < 1.29 is 14.7 Å². The van der Waals surface area contributed by atoms with Crippen molar-refractivity contribution in [2.75, 3.05) is 0 Å². The fourth-order valence-electron chi connectivity index (χ4n) is 3.46. The molecule has 0 saturated heterocycles. The van der Waals surface area contributed by atoms with Crippen molar-refractivity contribution >= 4 is 27.7 Å². The van der Waals surface area contributed by atoms with E-state index in [0.717, 1.165) is 12.8 Å². The zero-order valence-electron chi connectivity index (χ0n) is 8.92. The molecule has 3 nitrogen and oxygen atoms in total. The number of Topliss-reactive ketones (excluding diaryl/α,β-unsaturated/α-hetero) is 1. The third-order valence-corrected chi connectivity index (χ3v) is 5.75. The maximum Gasteiger partial charge on any atom is 0.303 e. The Morgan fingerprint density at radius 2 is 2.20 bits per heavy atom. The van der Waals surface area contributed by atoms with Crippen molar-refractivity contribution in [1.82, 2.24) is 0 Å². The van der Waals surface area contributed by atoms with Crippen LogP contribution in [0.1, 0.15) is 33.1 Å². The summed E-state index contributed by atoms with van der Waals surface area (Å²) in [5.74, 6) is -0.418. The molecular formula is C11H15BrO3. The lowest BCUT2D eigenvalue weighted by molar-refractivity contribution is -0.142. The van der Waals surface area contributed by atoms with Crippen LogP contribution in [-0.4, -0.2) is 21.7 Å². The molecule has 0 unspecified atom stereocenters. The van der Waals surface area contributed by atoms with E-state index in [9.17, 15) is 9.59 Å². The van der Waals surface area contributed by atoms with Crippen LogP contribution in [0.3, 0.4) is 0 Å². The van der Waals surface area contributed by atoms with Gasteiger partial charge in [-0.3, -0.25) is 9.59 Å². The number of hydrogen-bond acceptors (Lipinski definition) is 2. The van der Waals surface area contributed by atoms with E-state index in [0.29, 0.717) is 0 Å². The van der Waals surface area contributed by atoms with Gasteiger partial charge in [-0.05, 0) is 24.2 Å². The molecule has 0 aromatic carbocycles. The Hall–Kier alpha value is -0.380. The predicted octanol–water partition coefficient (Wildman–Crippen LogP) is 2.23. The second kappa shape index (κ2) is 3.06. The van der Waals surface area contributed by atoms with Gasteiger partial charge >= 0.3 is 5.97 Å². The Morgan fingerprint density at radius 1 is 1.60 bits per heavy atom. The lowest BCUT2D eigenvalue weighted by Gasteiger charge is -2.34. The molecule has 2 bridgehead atoms. The Kier molecular flexibility index (Phi) is 2.27.